The van der Waals surface area contributed by atoms with Crippen molar-refractivity contribution in [1.29, 1.82) is 0 Å². The summed E-state index contributed by atoms with van der Waals surface area (Å²) in [5.41, 5.74) is 1.76. The number of piperidine rings is 1. The minimum Gasteiger partial charge on any atom is -0.342 e. The standard InChI is InChI=1S/C24H30N2O3S/c1-19-10-12-22(13-11-19)30(28,29)25-17-20-7-5-16-26(18-20)23(27)24(14-6-15-24)21-8-3-2-4-9-21/h2-4,8-13,20,25H,5-7,14-18H2,1H3. The molecule has 0 bridgehead atoms. The Labute approximate surface area is 179 Å². The lowest BCUT2D eigenvalue weighted by Gasteiger charge is -2.46. The minimum absolute atomic E-state index is 0.135. The predicted octanol–water partition coefficient (Wildman–Crippen LogP) is 3.63. The Hall–Kier alpha value is -2.18. The highest BCUT2D eigenvalue weighted by atomic mass is 32.2. The number of likely N-dealkylation sites (tertiary alicyclic amines) is 1. The van der Waals surface area contributed by atoms with Crippen LogP contribution in [0.25, 0.3) is 0 Å². The van der Waals surface area contributed by atoms with Crippen LogP contribution < -0.4 is 4.72 Å². The first-order chi connectivity index (χ1) is 14.4. The average Bonchev–Trinajstić information content (AvgIpc) is 2.73. The van der Waals surface area contributed by atoms with E-state index in [9.17, 15) is 13.2 Å². The highest BCUT2D eigenvalue weighted by molar-refractivity contribution is 7.89. The summed E-state index contributed by atoms with van der Waals surface area (Å²) in [6.07, 6.45) is 4.72. The van der Waals surface area contributed by atoms with E-state index in [1.807, 2.05) is 30.0 Å². The quantitative estimate of drug-likeness (QED) is 0.767. The van der Waals surface area contributed by atoms with Crippen LogP contribution >= 0.6 is 0 Å². The molecular weight excluding hydrogens is 396 g/mol. The molecule has 5 nitrogen and oxygen atoms in total. The molecule has 30 heavy (non-hydrogen) atoms. The second-order valence-electron chi connectivity index (χ2n) is 8.73. The molecule has 6 heteroatoms. The summed E-state index contributed by atoms with van der Waals surface area (Å²) in [5, 5.41) is 0. The van der Waals surface area contributed by atoms with E-state index in [1.54, 1.807) is 24.3 Å². The molecule has 1 unspecified atom stereocenters. The third-order valence-corrected chi connectivity index (χ3v) is 8.08. The van der Waals surface area contributed by atoms with E-state index >= 15 is 0 Å². The van der Waals surface area contributed by atoms with Gasteiger partial charge >= 0.3 is 0 Å². The molecule has 0 radical (unpaired) electrons. The summed E-state index contributed by atoms with van der Waals surface area (Å²) in [5.74, 6) is 0.349. The van der Waals surface area contributed by atoms with E-state index in [-0.39, 0.29) is 22.1 Å². The summed E-state index contributed by atoms with van der Waals surface area (Å²) < 4.78 is 28.0. The van der Waals surface area contributed by atoms with Crippen molar-refractivity contribution < 1.29 is 13.2 Å². The second kappa shape index (κ2) is 8.52. The number of hydrogen-bond donors (Lipinski definition) is 1. The predicted molar refractivity (Wildman–Crippen MR) is 118 cm³/mol. The number of carbonyl (C=O) groups excluding carboxylic acids is 1. The van der Waals surface area contributed by atoms with Gasteiger partial charge in [-0.05, 0) is 56.2 Å². The second-order valence-corrected chi connectivity index (χ2v) is 10.5. The molecule has 0 spiro atoms. The molecule has 1 atom stereocenters. The molecule has 160 valence electrons. The third kappa shape index (κ3) is 4.16. The Balaban J connectivity index is 1.41. The monoisotopic (exact) mass is 426 g/mol. The first-order valence-electron chi connectivity index (χ1n) is 10.8. The number of amides is 1. The van der Waals surface area contributed by atoms with Crippen LogP contribution in [-0.4, -0.2) is 38.9 Å². The van der Waals surface area contributed by atoms with E-state index in [0.717, 1.165) is 49.8 Å². The zero-order valence-corrected chi connectivity index (χ0v) is 18.3. The van der Waals surface area contributed by atoms with Crippen LogP contribution in [0.2, 0.25) is 0 Å². The van der Waals surface area contributed by atoms with Gasteiger partial charge in [0.2, 0.25) is 15.9 Å². The average molecular weight is 427 g/mol. The van der Waals surface area contributed by atoms with Gasteiger partial charge in [-0.1, -0.05) is 54.4 Å². The van der Waals surface area contributed by atoms with Gasteiger partial charge in [-0.15, -0.1) is 0 Å². The van der Waals surface area contributed by atoms with E-state index in [2.05, 4.69) is 16.9 Å². The molecule has 1 amide bonds. The lowest BCUT2D eigenvalue weighted by atomic mass is 9.63. The maximum Gasteiger partial charge on any atom is 0.240 e. The fourth-order valence-corrected chi connectivity index (χ4v) is 5.78. The summed E-state index contributed by atoms with van der Waals surface area (Å²) in [6, 6.07) is 17.0. The fraction of sp³-hybridized carbons (Fsp3) is 0.458. The summed E-state index contributed by atoms with van der Waals surface area (Å²) in [7, 11) is -3.53. The van der Waals surface area contributed by atoms with Crippen LogP contribution in [0.15, 0.2) is 59.5 Å². The minimum atomic E-state index is -3.53. The smallest absolute Gasteiger partial charge is 0.240 e. The van der Waals surface area contributed by atoms with Crippen LogP contribution in [0, 0.1) is 12.8 Å². The zero-order valence-electron chi connectivity index (χ0n) is 17.5. The van der Waals surface area contributed by atoms with Crippen molar-refractivity contribution in [2.45, 2.75) is 49.3 Å². The van der Waals surface area contributed by atoms with Crippen LogP contribution in [-0.2, 0) is 20.2 Å². The lowest BCUT2D eigenvalue weighted by molar-refractivity contribution is -0.142. The molecule has 0 aromatic heterocycles. The Morgan fingerprint density at radius 3 is 2.40 bits per heavy atom. The number of rotatable bonds is 6. The molecule has 1 aliphatic carbocycles. The van der Waals surface area contributed by atoms with Gasteiger partial charge in [0.05, 0.1) is 10.3 Å². The van der Waals surface area contributed by atoms with Crippen LogP contribution in [0.5, 0.6) is 0 Å². The number of nitrogens with one attached hydrogen (secondary N) is 1. The summed E-state index contributed by atoms with van der Waals surface area (Å²) in [4.78, 5) is 15.7. The van der Waals surface area contributed by atoms with Crippen molar-refractivity contribution in [3.8, 4) is 0 Å². The molecule has 1 saturated heterocycles. The van der Waals surface area contributed by atoms with Crippen LogP contribution in [0.4, 0.5) is 0 Å². The molecule has 1 aliphatic heterocycles. The SMILES string of the molecule is Cc1ccc(S(=O)(=O)NCC2CCCN(C(=O)C3(c4ccccc4)CCC3)C2)cc1. The molecule has 1 heterocycles. The van der Waals surface area contributed by atoms with Crippen molar-refractivity contribution in [1.82, 2.24) is 9.62 Å². The maximum atomic E-state index is 13.5. The molecular formula is C24H30N2O3S. The maximum absolute atomic E-state index is 13.5. The normalized spacial score (nSPS) is 21.1. The Kier molecular flexibility index (Phi) is 5.98. The van der Waals surface area contributed by atoms with E-state index < -0.39 is 10.0 Å². The van der Waals surface area contributed by atoms with Gasteiger partial charge in [-0.25, -0.2) is 13.1 Å². The van der Waals surface area contributed by atoms with Crippen LogP contribution in [0.3, 0.4) is 0 Å². The van der Waals surface area contributed by atoms with Crippen molar-refractivity contribution in [3.05, 3.63) is 65.7 Å². The van der Waals surface area contributed by atoms with Crippen LogP contribution in [0.1, 0.15) is 43.2 Å². The number of aryl methyl sites for hydroxylation is 1. The number of sulfonamides is 1. The number of benzene rings is 2. The number of hydrogen-bond acceptors (Lipinski definition) is 3. The highest BCUT2D eigenvalue weighted by Gasteiger charge is 2.48. The lowest BCUT2D eigenvalue weighted by Crippen LogP contribution is -2.54. The molecule has 1 saturated carbocycles. The van der Waals surface area contributed by atoms with Gasteiger partial charge < -0.3 is 4.90 Å². The Morgan fingerprint density at radius 2 is 1.77 bits per heavy atom. The van der Waals surface area contributed by atoms with Crippen molar-refractivity contribution >= 4 is 15.9 Å². The highest BCUT2D eigenvalue weighted by Crippen LogP contribution is 2.45. The van der Waals surface area contributed by atoms with Gasteiger partial charge in [0, 0.05) is 19.6 Å². The van der Waals surface area contributed by atoms with E-state index in [4.69, 9.17) is 0 Å². The largest absolute Gasteiger partial charge is 0.342 e. The molecule has 4 rings (SSSR count). The Bertz CT molecular complexity index is 983. The number of nitrogens with zero attached hydrogens (tertiary/aromatic N) is 1. The fourth-order valence-electron chi connectivity index (χ4n) is 4.66. The first-order valence-corrected chi connectivity index (χ1v) is 12.3. The van der Waals surface area contributed by atoms with Crippen molar-refractivity contribution in [3.63, 3.8) is 0 Å². The van der Waals surface area contributed by atoms with E-state index in [1.165, 1.54) is 0 Å². The molecule has 2 aromatic rings. The van der Waals surface area contributed by atoms with Gasteiger partial charge in [0.1, 0.15) is 0 Å². The molecule has 2 aliphatic rings. The number of carbonyl (C=O) groups is 1. The van der Waals surface area contributed by atoms with Crippen molar-refractivity contribution in [2.75, 3.05) is 19.6 Å². The van der Waals surface area contributed by atoms with Gasteiger partial charge in [0.25, 0.3) is 0 Å². The summed E-state index contributed by atoms with van der Waals surface area (Å²) >= 11 is 0. The topological polar surface area (TPSA) is 66.5 Å². The van der Waals surface area contributed by atoms with Gasteiger partial charge in [-0.2, -0.15) is 0 Å². The third-order valence-electron chi connectivity index (χ3n) is 6.64. The first kappa shape index (κ1) is 21.1. The van der Waals surface area contributed by atoms with Gasteiger partial charge in [0.15, 0.2) is 0 Å². The van der Waals surface area contributed by atoms with Gasteiger partial charge in [-0.3, -0.25) is 4.79 Å². The molecule has 1 N–H and O–H groups in total. The van der Waals surface area contributed by atoms with Crippen molar-refractivity contribution in [2.24, 2.45) is 5.92 Å². The Morgan fingerprint density at radius 1 is 1.07 bits per heavy atom. The zero-order chi connectivity index (χ0) is 21.2. The summed E-state index contributed by atoms with van der Waals surface area (Å²) in [6.45, 7) is 3.67. The molecule has 2 fully saturated rings. The molecule has 2 aromatic carbocycles. The van der Waals surface area contributed by atoms with E-state index in [0.29, 0.717) is 13.1 Å².